The van der Waals surface area contributed by atoms with E-state index in [1.54, 1.807) is 48.0 Å². The van der Waals surface area contributed by atoms with E-state index in [4.69, 9.17) is 14.3 Å². The number of nitrogens with one attached hydrogen (secondary N) is 2. The maximum Gasteiger partial charge on any atom is 0.409 e. The minimum absolute atomic E-state index is 0.192. The Kier molecular flexibility index (Phi) is 9.47. The highest BCUT2D eigenvalue weighted by Crippen LogP contribution is 2.31. The fraction of sp³-hybridized carbons (Fsp3) is 0.231. The highest BCUT2D eigenvalue weighted by Gasteiger charge is 2.30. The molecule has 3 N–H and O–H groups in total. The van der Waals surface area contributed by atoms with Crippen LogP contribution in [0.4, 0.5) is 10.5 Å². The molecule has 3 aromatic heterocycles. The Morgan fingerprint density at radius 1 is 1.05 bits per heavy atom. The van der Waals surface area contributed by atoms with E-state index in [1.165, 1.54) is 42.5 Å². The average Bonchev–Trinajstić information content (AvgIpc) is 3.64. The largest absolute Gasteiger partial charge is 0.453 e. The lowest BCUT2D eigenvalue weighted by molar-refractivity contribution is -0.126. The Morgan fingerprint density at radius 3 is 2.38 bits per heavy atom. The topological polar surface area (TPSA) is 151 Å². The molecule has 0 aliphatic carbocycles. The van der Waals surface area contributed by atoms with Crippen LogP contribution in [0.25, 0.3) is 9.88 Å². The zero-order chi connectivity index (χ0) is 28.7. The van der Waals surface area contributed by atoms with E-state index in [2.05, 4.69) is 10.3 Å². The van der Waals surface area contributed by atoms with Gasteiger partial charge in [-0.15, -0.1) is 22.7 Å². The number of methoxy groups -OCH3 is 1. The zero-order valence-corrected chi connectivity index (χ0v) is 24.0. The molecule has 0 aliphatic heterocycles. The Morgan fingerprint density at radius 2 is 1.75 bits per heavy atom. The first-order valence-electron chi connectivity index (χ1n) is 12.0. The number of benzene rings is 1. The van der Waals surface area contributed by atoms with Crippen LogP contribution in [0.5, 0.6) is 0 Å². The summed E-state index contributed by atoms with van der Waals surface area (Å²) >= 11 is 3.02. The lowest BCUT2D eigenvalue weighted by Gasteiger charge is -2.28. The molecular formula is C26H27N5O6S3. The first-order valence-corrected chi connectivity index (χ1v) is 15.2. The van der Waals surface area contributed by atoms with Gasteiger partial charge in [0.05, 0.1) is 29.4 Å². The van der Waals surface area contributed by atoms with E-state index < -0.39 is 34.4 Å². The molecular weight excluding hydrogens is 575 g/mol. The SMILES string of the molecule is COC(=O)N(C)C(Cc1ccncc1)C(=O)N[C@@H](Cc1ccc(NS(=O)(=O)O)cc1)c1csc(-c2cccs2)n1. The van der Waals surface area contributed by atoms with Crippen LogP contribution >= 0.6 is 22.7 Å². The predicted octanol–water partition coefficient (Wildman–Crippen LogP) is 4.19. The van der Waals surface area contributed by atoms with Gasteiger partial charge in [-0.1, -0.05) is 18.2 Å². The van der Waals surface area contributed by atoms with Crippen molar-refractivity contribution >= 4 is 50.7 Å². The van der Waals surface area contributed by atoms with Crippen LogP contribution in [0.1, 0.15) is 22.9 Å². The molecule has 1 unspecified atom stereocenters. The molecule has 1 aromatic carbocycles. The summed E-state index contributed by atoms with van der Waals surface area (Å²) in [5.41, 5.74) is 2.43. The molecule has 210 valence electrons. The minimum atomic E-state index is -4.40. The van der Waals surface area contributed by atoms with Crippen LogP contribution in [0.3, 0.4) is 0 Å². The molecule has 0 radical (unpaired) electrons. The second-order valence-electron chi connectivity index (χ2n) is 8.75. The van der Waals surface area contributed by atoms with Crippen molar-refractivity contribution in [3.63, 3.8) is 0 Å². The van der Waals surface area contributed by atoms with Crippen molar-refractivity contribution in [2.75, 3.05) is 18.9 Å². The molecule has 4 aromatic rings. The minimum Gasteiger partial charge on any atom is -0.453 e. The van der Waals surface area contributed by atoms with Crippen LogP contribution in [0.2, 0.25) is 0 Å². The molecule has 0 bridgehead atoms. The van der Waals surface area contributed by atoms with Crippen molar-refractivity contribution < 1.29 is 27.3 Å². The van der Waals surface area contributed by atoms with Gasteiger partial charge < -0.3 is 10.1 Å². The number of nitrogens with zero attached hydrogens (tertiary/aromatic N) is 3. The van der Waals surface area contributed by atoms with Gasteiger partial charge in [-0.25, -0.2) is 9.78 Å². The summed E-state index contributed by atoms with van der Waals surface area (Å²) in [5, 5.41) is 7.73. The molecule has 40 heavy (non-hydrogen) atoms. The molecule has 14 heteroatoms. The van der Waals surface area contributed by atoms with E-state index >= 15 is 0 Å². The number of likely N-dealkylation sites (N-methyl/N-ethyl adjacent to an activating group) is 1. The standard InChI is InChI=1S/C26H27N5O6S3/c1-31(26(33)37-2)22(15-18-9-11-27-12-10-18)24(32)28-20(21-16-39-25(29-21)23-4-3-13-38-23)14-17-5-7-19(8-6-17)30-40(34,35)36/h3-13,16,20,22,30H,14-15H2,1-2H3,(H,28,32)(H,34,35,36)/t20-,22?/m0/s1. The van der Waals surface area contributed by atoms with E-state index in [0.29, 0.717) is 12.1 Å². The van der Waals surface area contributed by atoms with Gasteiger partial charge in [0.1, 0.15) is 11.0 Å². The molecule has 0 spiro atoms. The van der Waals surface area contributed by atoms with Crippen molar-refractivity contribution in [2.24, 2.45) is 0 Å². The number of hydrogen-bond donors (Lipinski definition) is 3. The summed E-state index contributed by atoms with van der Waals surface area (Å²) in [7, 11) is -1.64. The zero-order valence-electron chi connectivity index (χ0n) is 21.6. The number of ether oxygens (including phenoxy) is 1. The Hall–Kier alpha value is -3.85. The molecule has 3 heterocycles. The quantitative estimate of drug-likeness (QED) is 0.217. The fourth-order valence-electron chi connectivity index (χ4n) is 3.97. The van der Waals surface area contributed by atoms with Gasteiger partial charge in [-0.3, -0.25) is 24.0 Å². The van der Waals surface area contributed by atoms with Crippen LogP contribution in [-0.4, -0.2) is 60.0 Å². The van der Waals surface area contributed by atoms with Crippen molar-refractivity contribution in [3.8, 4) is 9.88 Å². The number of aromatic nitrogens is 2. The lowest BCUT2D eigenvalue weighted by atomic mass is 10.0. The number of anilines is 1. The molecule has 0 saturated heterocycles. The first-order chi connectivity index (χ1) is 19.1. The number of amides is 2. The number of carbonyl (C=O) groups is 2. The van der Waals surface area contributed by atoms with Crippen molar-refractivity contribution in [2.45, 2.75) is 24.9 Å². The van der Waals surface area contributed by atoms with Gasteiger partial charge in [0.15, 0.2) is 0 Å². The maximum absolute atomic E-state index is 13.7. The Bertz CT molecular complexity index is 1530. The third-order valence-electron chi connectivity index (χ3n) is 5.98. The van der Waals surface area contributed by atoms with Crippen LogP contribution in [0, 0.1) is 0 Å². The normalized spacial score (nSPS) is 12.8. The third kappa shape index (κ3) is 7.85. The van der Waals surface area contributed by atoms with Gasteiger partial charge in [-0.2, -0.15) is 8.42 Å². The summed E-state index contributed by atoms with van der Waals surface area (Å²) in [4.78, 5) is 37.2. The summed E-state index contributed by atoms with van der Waals surface area (Å²) in [6.07, 6.45) is 3.15. The smallest absolute Gasteiger partial charge is 0.409 e. The molecule has 0 fully saturated rings. The highest BCUT2D eigenvalue weighted by molar-refractivity contribution is 7.87. The first kappa shape index (κ1) is 29.1. The number of thiazole rings is 1. The molecule has 11 nitrogen and oxygen atoms in total. The highest BCUT2D eigenvalue weighted by atomic mass is 32.2. The monoisotopic (exact) mass is 601 g/mol. The van der Waals surface area contributed by atoms with Crippen molar-refractivity contribution in [1.29, 1.82) is 0 Å². The van der Waals surface area contributed by atoms with E-state index in [1.807, 2.05) is 27.6 Å². The Labute approximate surface area is 239 Å². The van der Waals surface area contributed by atoms with Gasteiger partial charge in [0.2, 0.25) is 5.91 Å². The number of carbonyl (C=O) groups excluding carboxylic acids is 2. The van der Waals surface area contributed by atoms with Gasteiger partial charge in [0, 0.05) is 31.2 Å². The summed E-state index contributed by atoms with van der Waals surface area (Å²) < 4.78 is 38.2. The van der Waals surface area contributed by atoms with Crippen molar-refractivity contribution in [1.82, 2.24) is 20.2 Å². The second kappa shape index (κ2) is 13.0. The van der Waals surface area contributed by atoms with Gasteiger partial charge in [0.25, 0.3) is 0 Å². The summed E-state index contributed by atoms with van der Waals surface area (Å²) in [5.74, 6) is -0.398. The number of pyridine rings is 1. The molecule has 0 saturated carbocycles. The van der Waals surface area contributed by atoms with Crippen LogP contribution < -0.4 is 10.0 Å². The van der Waals surface area contributed by atoms with Crippen LogP contribution in [0.15, 0.2) is 71.7 Å². The number of thiophene rings is 1. The second-order valence-corrected chi connectivity index (χ2v) is 11.7. The third-order valence-corrected chi connectivity index (χ3v) is 8.37. The van der Waals surface area contributed by atoms with Gasteiger partial charge in [-0.05, 0) is 53.3 Å². The number of hydrogen-bond acceptors (Lipinski definition) is 9. The van der Waals surface area contributed by atoms with Crippen LogP contribution in [-0.2, 0) is 32.7 Å². The lowest BCUT2D eigenvalue weighted by Crippen LogP contribution is -2.50. The predicted molar refractivity (Wildman–Crippen MR) is 154 cm³/mol. The molecule has 2 atom stereocenters. The Balaban J connectivity index is 1.62. The van der Waals surface area contributed by atoms with E-state index in [0.717, 1.165) is 21.0 Å². The van der Waals surface area contributed by atoms with Crippen molar-refractivity contribution in [3.05, 3.63) is 88.5 Å². The summed E-state index contributed by atoms with van der Waals surface area (Å²) in [6, 6.07) is 12.4. The fourth-order valence-corrected chi connectivity index (χ4v) is 6.09. The molecule has 2 amide bonds. The average molecular weight is 602 g/mol. The van der Waals surface area contributed by atoms with Gasteiger partial charge >= 0.3 is 16.4 Å². The molecule has 0 aliphatic rings. The maximum atomic E-state index is 13.7. The molecule has 4 rings (SSSR count). The number of rotatable bonds is 11. The summed E-state index contributed by atoms with van der Waals surface area (Å²) in [6.45, 7) is 0. The van der Waals surface area contributed by atoms with E-state index in [-0.39, 0.29) is 12.1 Å². The van der Waals surface area contributed by atoms with E-state index in [9.17, 15) is 18.0 Å².